The predicted octanol–water partition coefficient (Wildman–Crippen LogP) is 1.70. The number of amides is 1. The molecule has 0 fully saturated rings. The molecule has 16 heavy (non-hydrogen) atoms. The smallest absolute Gasteiger partial charge is 0.216 e. The highest BCUT2D eigenvalue weighted by molar-refractivity contribution is 6.30. The first-order valence-electron chi connectivity index (χ1n) is 4.98. The molecular formula is C11H14ClFN2O. The third-order valence-electron chi connectivity index (χ3n) is 1.93. The molecule has 0 aliphatic rings. The second-order valence-corrected chi connectivity index (χ2v) is 3.87. The summed E-state index contributed by atoms with van der Waals surface area (Å²) in [6.07, 6.45) is 0. The standard InChI is InChI=1S/C11H14ClFN2O/c1-8(16)15-3-2-14-7-9-4-10(12)6-11(13)5-9/h4-6,14H,2-3,7H2,1H3,(H,15,16). The van der Waals surface area contributed by atoms with Crippen LogP contribution in [0, 0.1) is 5.82 Å². The molecule has 0 bridgehead atoms. The summed E-state index contributed by atoms with van der Waals surface area (Å²) in [6, 6.07) is 4.40. The molecular weight excluding hydrogens is 231 g/mol. The molecule has 0 aliphatic heterocycles. The van der Waals surface area contributed by atoms with Crippen molar-refractivity contribution < 1.29 is 9.18 Å². The van der Waals surface area contributed by atoms with Gasteiger partial charge in [0.1, 0.15) is 5.82 Å². The van der Waals surface area contributed by atoms with Gasteiger partial charge in [-0.1, -0.05) is 11.6 Å². The average Bonchev–Trinajstić information content (AvgIpc) is 2.15. The zero-order valence-electron chi connectivity index (χ0n) is 9.02. The Labute approximate surface area is 99.0 Å². The van der Waals surface area contributed by atoms with E-state index in [1.807, 2.05) is 0 Å². The van der Waals surface area contributed by atoms with E-state index < -0.39 is 0 Å². The minimum Gasteiger partial charge on any atom is -0.355 e. The first-order valence-corrected chi connectivity index (χ1v) is 5.36. The van der Waals surface area contributed by atoms with Crippen LogP contribution in [0.1, 0.15) is 12.5 Å². The number of carbonyl (C=O) groups excluding carboxylic acids is 1. The molecule has 1 amide bonds. The fourth-order valence-corrected chi connectivity index (χ4v) is 1.52. The van der Waals surface area contributed by atoms with Gasteiger partial charge < -0.3 is 10.6 Å². The first-order chi connectivity index (χ1) is 7.58. The van der Waals surface area contributed by atoms with Gasteiger partial charge in [0.15, 0.2) is 0 Å². The third-order valence-corrected chi connectivity index (χ3v) is 2.15. The van der Waals surface area contributed by atoms with Crippen molar-refractivity contribution in [1.29, 1.82) is 0 Å². The van der Waals surface area contributed by atoms with Crippen LogP contribution in [0.5, 0.6) is 0 Å². The van der Waals surface area contributed by atoms with E-state index in [1.54, 1.807) is 6.07 Å². The van der Waals surface area contributed by atoms with Crippen LogP contribution in [0.4, 0.5) is 4.39 Å². The summed E-state index contributed by atoms with van der Waals surface area (Å²) >= 11 is 5.71. The molecule has 1 rings (SSSR count). The van der Waals surface area contributed by atoms with E-state index in [1.165, 1.54) is 19.1 Å². The summed E-state index contributed by atoms with van der Waals surface area (Å²) in [7, 11) is 0. The zero-order chi connectivity index (χ0) is 12.0. The Bertz CT molecular complexity index is 351. The maximum atomic E-state index is 12.9. The Balaban J connectivity index is 2.29. The number of nitrogens with one attached hydrogen (secondary N) is 2. The lowest BCUT2D eigenvalue weighted by atomic mass is 10.2. The monoisotopic (exact) mass is 244 g/mol. The maximum absolute atomic E-state index is 12.9. The van der Waals surface area contributed by atoms with Crippen LogP contribution in [-0.2, 0) is 11.3 Å². The van der Waals surface area contributed by atoms with Gasteiger partial charge in [-0.05, 0) is 23.8 Å². The topological polar surface area (TPSA) is 41.1 Å². The highest BCUT2D eigenvalue weighted by Crippen LogP contribution is 2.13. The summed E-state index contributed by atoms with van der Waals surface area (Å²) in [5, 5.41) is 6.11. The number of rotatable bonds is 5. The SMILES string of the molecule is CC(=O)NCCNCc1cc(F)cc(Cl)c1. The fraction of sp³-hybridized carbons (Fsp3) is 0.364. The van der Waals surface area contributed by atoms with Gasteiger partial charge in [-0.3, -0.25) is 4.79 Å². The van der Waals surface area contributed by atoms with Crippen molar-refractivity contribution in [2.24, 2.45) is 0 Å². The Morgan fingerprint density at radius 3 is 2.75 bits per heavy atom. The Morgan fingerprint density at radius 1 is 1.38 bits per heavy atom. The Kier molecular flexibility index (Phi) is 5.22. The van der Waals surface area contributed by atoms with Gasteiger partial charge >= 0.3 is 0 Å². The molecule has 5 heteroatoms. The van der Waals surface area contributed by atoms with Gasteiger partial charge in [-0.25, -0.2) is 4.39 Å². The molecule has 1 aromatic carbocycles. The van der Waals surface area contributed by atoms with E-state index >= 15 is 0 Å². The fourth-order valence-electron chi connectivity index (χ4n) is 1.27. The number of hydrogen-bond acceptors (Lipinski definition) is 2. The summed E-state index contributed by atoms with van der Waals surface area (Å²) < 4.78 is 12.9. The molecule has 0 heterocycles. The van der Waals surface area contributed by atoms with Crippen LogP contribution in [0.3, 0.4) is 0 Å². The van der Waals surface area contributed by atoms with Crippen LogP contribution >= 0.6 is 11.6 Å². The van der Waals surface area contributed by atoms with Gasteiger partial charge in [0, 0.05) is 31.6 Å². The van der Waals surface area contributed by atoms with E-state index in [-0.39, 0.29) is 11.7 Å². The van der Waals surface area contributed by atoms with Crippen LogP contribution < -0.4 is 10.6 Å². The maximum Gasteiger partial charge on any atom is 0.216 e. The minimum absolute atomic E-state index is 0.0596. The first kappa shape index (κ1) is 12.9. The number of hydrogen-bond donors (Lipinski definition) is 2. The van der Waals surface area contributed by atoms with Crippen LogP contribution in [0.25, 0.3) is 0 Å². The lowest BCUT2D eigenvalue weighted by Gasteiger charge is -2.06. The van der Waals surface area contributed by atoms with Gasteiger partial charge in [0.05, 0.1) is 0 Å². The van der Waals surface area contributed by atoms with Crippen molar-refractivity contribution in [3.05, 3.63) is 34.6 Å². The number of carbonyl (C=O) groups is 1. The highest BCUT2D eigenvalue weighted by Gasteiger charge is 1.99. The molecule has 88 valence electrons. The molecule has 0 aliphatic carbocycles. The largest absolute Gasteiger partial charge is 0.355 e. The van der Waals surface area contributed by atoms with E-state index in [4.69, 9.17) is 11.6 Å². The minimum atomic E-state index is -0.342. The molecule has 0 saturated heterocycles. The molecule has 0 saturated carbocycles. The molecule has 1 aromatic rings. The van der Waals surface area contributed by atoms with Gasteiger partial charge in [0.25, 0.3) is 0 Å². The molecule has 3 nitrogen and oxygen atoms in total. The highest BCUT2D eigenvalue weighted by atomic mass is 35.5. The van der Waals surface area contributed by atoms with Gasteiger partial charge in [0.2, 0.25) is 5.91 Å². The second-order valence-electron chi connectivity index (χ2n) is 3.44. The average molecular weight is 245 g/mol. The third kappa shape index (κ3) is 5.09. The molecule has 0 spiro atoms. The van der Waals surface area contributed by atoms with E-state index in [0.29, 0.717) is 24.7 Å². The van der Waals surface area contributed by atoms with Crippen molar-refractivity contribution in [3.63, 3.8) is 0 Å². The van der Waals surface area contributed by atoms with Gasteiger partial charge in [-0.15, -0.1) is 0 Å². The zero-order valence-corrected chi connectivity index (χ0v) is 9.77. The molecule has 2 N–H and O–H groups in total. The summed E-state index contributed by atoms with van der Waals surface area (Å²) in [6.45, 7) is 3.18. The van der Waals surface area contributed by atoms with E-state index in [0.717, 1.165) is 5.56 Å². The van der Waals surface area contributed by atoms with Crippen molar-refractivity contribution >= 4 is 17.5 Å². The summed E-state index contributed by atoms with van der Waals surface area (Å²) in [5.41, 5.74) is 0.785. The lowest BCUT2D eigenvalue weighted by Crippen LogP contribution is -2.29. The summed E-state index contributed by atoms with van der Waals surface area (Å²) in [4.78, 5) is 10.6. The summed E-state index contributed by atoms with van der Waals surface area (Å²) in [5.74, 6) is -0.401. The van der Waals surface area contributed by atoms with E-state index in [2.05, 4.69) is 10.6 Å². The van der Waals surface area contributed by atoms with Crippen molar-refractivity contribution in [3.8, 4) is 0 Å². The van der Waals surface area contributed by atoms with Crippen LogP contribution in [0.15, 0.2) is 18.2 Å². The molecule has 0 unspecified atom stereocenters. The number of benzene rings is 1. The van der Waals surface area contributed by atoms with Crippen LogP contribution in [-0.4, -0.2) is 19.0 Å². The lowest BCUT2D eigenvalue weighted by molar-refractivity contribution is -0.118. The van der Waals surface area contributed by atoms with Crippen molar-refractivity contribution in [2.75, 3.05) is 13.1 Å². The Hall–Kier alpha value is -1.13. The predicted molar refractivity (Wildman–Crippen MR) is 61.8 cm³/mol. The second kappa shape index (κ2) is 6.45. The molecule has 0 radical (unpaired) electrons. The quantitative estimate of drug-likeness (QED) is 0.775. The normalized spacial score (nSPS) is 10.2. The van der Waals surface area contributed by atoms with Crippen molar-refractivity contribution in [1.82, 2.24) is 10.6 Å². The molecule has 0 atom stereocenters. The van der Waals surface area contributed by atoms with E-state index in [9.17, 15) is 9.18 Å². The van der Waals surface area contributed by atoms with Gasteiger partial charge in [-0.2, -0.15) is 0 Å². The van der Waals surface area contributed by atoms with Crippen molar-refractivity contribution in [2.45, 2.75) is 13.5 Å². The number of halogens is 2. The van der Waals surface area contributed by atoms with Crippen LogP contribution in [0.2, 0.25) is 5.02 Å². The Morgan fingerprint density at radius 2 is 2.12 bits per heavy atom. The molecule has 0 aromatic heterocycles.